The fourth-order valence-corrected chi connectivity index (χ4v) is 3.97. The van der Waals surface area contributed by atoms with Crippen LogP contribution in [0.4, 0.5) is 5.69 Å². The Bertz CT molecular complexity index is 433. The molecule has 0 amide bonds. The Kier molecular flexibility index (Phi) is 5.19. The monoisotopic (exact) mass is 343 g/mol. The highest BCUT2D eigenvalue weighted by atomic mass is 79.9. The zero-order valence-corrected chi connectivity index (χ0v) is 14.3. The maximum atomic E-state index is 6.00. The standard InChI is InChI=1S/C16H23BrClN/c1-10(2)13-6-4-11(3)8-16(13)19-15-7-5-12(18)9-14(15)17/h5,7,9-11,13,16,19H,4,6,8H2,1-3H3. The number of anilines is 1. The van der Waals surface area contributed by atoms with Crippen LogP contribution >= 0.6 is 27.5 Å². The van der Waals surface area contributed by atoms with E-state index in [1.165, 1.54) is 19.3 Å². The van der Waals surface area contributed by atoms with Gasteiger partial charge in [0, 0.05) is 21.2 Å². The minimum Gasteiger partial charge on any atom is -0.381 e. The molecule has 3 atom stereocenters. The molecule has 2 rings (SSSR count). The van der Waals surface area contributed by atoms with Crippen molar-refractivity contribution in [2.45, 2.75) is 46.1 Å². The maximum absolute atomic E-state index is 6.00. The lowest BCUT2D eigenvalue weighted by atomic mass is 9.74. The summed E-state index contributed by atoms with van der Waals surface area (Å²) in [7, 11) is 0. The summed E-state index contributed by atoms with van der Waals surface area (Å²) in [5, 5.41) is 4.51. The third-order valence-corrected chi connectivity index (χ3v) is 5.19. The first-order valence-electron chi connectivity index (χ1n) is 7.19. The van der Waals surface area contributed by atoms with Crippen molar-refractivity contribution in [3.8, 4) is 0 Å². The summed E-state index contributed by atoms with van der Waals surface area (Å²) in [5.41, 5.74) is 1.16. The molecule has 1 aliphatic carbocycles. The van der Waals surface area contributed by atoms with Crippen molar-refractivity contribution in [2.24, 2.45) is 17.8 Å². The molecule has 1 fully saturated rings. The van der Waals surface area contributed by atoms with Crippen LogP contribution in [0.2, 0.25) is 5.02 Å². The second kappa shape index (κ2) is 6.49. The second-order valence-electron chi connectivity index (χ2n) is 6.20. The van der Waals surface area contributed by atoms with E-state index in [1.807, 2.05) is 12.1 Å². The third kappa shape index (κ3) is 3.88. The fraction of sp³-hybridized carbons (Fsp3) is 0.625. The van der Waals surface area contributed by atoms with Crippen molar-refractivity contribution in [3.05, 3.63) is 27.7 Å². The van der Waals surface area contributed by atoms with Crippen molar-refractivity contribution < 1.29 is 0 Å². The van der Waals surface area contributed by atoms with Gasteiger partial charge < -0.3 is 5.32 Å². The number of benzene rings is 1. The first kappa shape index (κ1) is 15.2. The Morgan fingerprint density at radius 3 is 2.68 bits per heavy atom. The zero-order chi connectivity index (χ0) is 14.0. The Hall–Kier alpha value is -0.210. The van der Waals surface area contributed by atoms with Crippen molar-refractivity contribution in [2.75, 3.05) is 5.32 Å². The molecule has 106 valence electrons. The van der Waals surface area contributed by atoms with Crippen molar-refractivity contribution in [1.29, 1.82) is 0 Å². The second-order valence-corrected chi connectivity index (χ2v) is 7.49. The summed E-state index contributed by atoms with van der Waals surface area (Å²) in [6, 6.07) is 6.55. The van der Waals surface area contributed by atoms with Crippen LogP contribution in [0.5, 0.6) is 0 Å². The van der Waals surface area contributed by atoms with E-state index in [-0.39, 0.29) is 0 Å². The van der Waals surface area contributed by atoms with Crippen LogP contribution < -0.4 is 5.32 Å². The summed E-state index contributed by atoms with van der Waals surface area (Å²) in [5.74, 6) is 2.31. The number of rotatable bonds is 3. The van der Waals surface area contributed by atoms with Gasteiger partial charge in [0.15, 0.2) is 0 Å². The molecular weight excluding hydrogens is 322 g/mol. The van der Waals surface area contributed by atoms with E-state index in [0.29, 0.717) is 6.04 Å². The predicted octanol–water partition coefficient (Wildman–Crippen LogP) is 5.98. The molecule has 0 bridgehead atoms. The Balaban J connectivity index is 2.14. The maximum Gasteiger partial charge on any atom is 0.0487 e. The molecular formula is C16H23BrClN. The van der Waals surface area contributed by atoms with Crippen LogP contribution in [0.25, 0.3) is 0 Å². The van der Waals surface area contributed by atoms with Crippen LogP contribution in [0.1, 0.15) is 40.0 Å². The van der Waals surface area contributed by atoms with Gasteiger partial charge in [0.05, 0.1) is 0 Å². The summed E-state index contributed by atoms with van der Waals surface area (Å²) >= 11 is 9.60. The molecule has 0 spiro atoms. The van der Waals surface area contributed by atoms with Gasteiger partial charge in [-0.15, -0.1) is 0 Å². The zero-order valence-electron chi connectivity index (χ0n) is 11.9. The van der Waals surface area contributed by atoms with Gasteiger partial charge in [-0.2, -0.15) is 0 Å². The molecule has 1 nitrogen and oxygen atoms in total. The first-order chi connectivity index (χ1) is 8.97. The molecule has 3 heteroatoms. The largest absolute Gasteiger partial charge is 0.381 e. The minimum atomic E-state index is 0.571. The molecule has 19 heavy (non-hydrogen) atoms. The normalized spacial score (nSPS) is 27.6. The van der Waals surface area contributed by atoms with Crippen LogP contribution in [0, 0.1) is 17.8 Å². The summed E-state index contributed by atoms with van der Waals surface area (Å²) < 4.78 is 1.06. The molecule has 0 radical (unpaired) electrons. The van der Waals surface area contributed by atoms with Crippen molar-refractivity contribution in [1.82, 2.24) is 0 Å². The van der Waals surface area contributed by atoms with E-state index in [9.17, 15) is 0 Å². The summed E-state index contributed by atoms with van der Waals surface area (Å²) in [4.78, 5) is 0. The van der Waals surface area contributed by atoms with E-state index >= 15 is 0 Å². The summed E-state index contributed by atoms with van der Waals surface area (Å²) in [6.45, 7) is 7.04. The Morgan fingerprint density at radius 2 is 2.05 bits per heavy atom. The van der Waals surface area contributed by atoms with Crippen LogP contribution in [-0.2, 0) is 0 Å². The minimum absolute atomic E-state index is 0.571. The summed E-state index contributed by atoms with van der Waals surface area (Å²) in [6.07, 6.45) is 3.96. The number of halogens is 2. The average molecular weight is 345 g/mol. The lowest BCUT2D eigenvalue weighted by Gasteiger charge is -2.38. The Labute approximate surface area is 130 Å². The van der Waals surface area contributed by atoms with E-state index in [0.717, 1.165) is 32.9 Å². The Morgan fingerprint density at radius 1 is 1.32 bits per heavy atom. The number of hydrogen-bond acceptors (Lipinski definition) is 1. The van der Waals surface area contributed by atoms with Crippen LogP contribution in [-0.4, -0.2) is 6.04 Å². The molecule has 1 aromatic rings. The lowest BCUT2D eigenvalue weighted by Crippen LogP contribution is -2.37. The molecule has 0 saturated heterocycles. The van der Waals surface area contributed by atoms with Crippen molar-refractivity contribution in [3.63, 3.8) is 0 Å². The van der Waals surface area contributed by atoms with Gasteiger partial charge in [-0.1, -0.05) is 38.8 Å². The van der Waals surface area contributed by atoms with E-state index in [4.69, 9.17) is 11.6 Å². The van der Waals surface area contributed by atoms with Gasteiger partial charge in [0.2, 0.25) is 0 Å². The van der Waals surface area contributed by atoms with Gasteiger partial charge in [-0.3, -0.25) is 0 Å². The molecule has 0 heterocycles. The predicted molar refractivity (Wildman–Crippen MR) is 87.9 cm³/mol. The van der Waals surface area contributed by atoms with Crippen LogP contribution in [0.3, 0.4) is 0 Å². The molecule has 3 unspecified atom stereocenters. The topological polar surface area (TPSA) is 12.0 Å². The molecule has 0 aromatic heterocycles. The number of nitrogens with one attached hydrogen (secondary N) is 1. The van der Waals surface area contributed by atoms with Crippen molar-refractivity contribution >= 4 is 33.2 Å². The molecule has 1 N–H and O–H groups in total. The smallest absolute Gasteiger partial charge is 0.0487 e. The highest BCUT2D eigenvalue weighted by Gasteiger charge is 2.30. The van der Waals surface area contributed by atoms with Gasteiger partial charge in [-0.25, -0.2) is 0 Å². The lowest BCUT2D eigenvalue weighted by molar-refractivity contribution is 0.212. The SMILES string of the molecule is CC1CCC(C(C)C)C(Nc2ccc(Cl)cc2Br)C1. The molecule has 0 aliphatic heterocycles. The molecule has 1 aromatic carbocycles. The molecule has 1 aliphatic rings. The fourth-order valence-electron chi connectivity index (χ4n) is 3.17. The van der Waals surface area contributed by atoms with Gasteiger partial charge in [0.25, 0.3) is 0 Å². The highest BCUT2D eigenvalue weighted by molar-refractivity contribution is 9.10. The van der Waals surface area contributed by atoms with Gasteiger partial charge in [-0.05, 0) is 64.7 Å². The van der Waals surface area contributed by atoms with Crippen LogP contribution in [0.15, 0.2) is 22.7 Å². The number of hydrogen-bond donors (Lipinski definition) is 1. The third-order valence-electron chi connectivity index (χ3n) is 4.29. The van der Waals surface area contributed by atoms with Gasteiger partial charge >= 0.3 is 0 Å². The highest BCUT2D eigenvalue weighted by Crippen LogP contribution is 2.36. The van der Waals surface area contributed by atoms with Gasteiger partial charge in [0.1, 0.15) is 0 Å². The van der Waals surface area contributed by atoms with E-state index in [1.54, 1.807) is 0 Å². The van der Waals surface area contributed by atoms with E-state index < -0.39 is 0 Å². The quantitative estimate of drug-likeness (QED) is 0.711. The average Bonchev–Trinajstić information content (AvgIpc) is 2.32. The first-order valence-corrected chi connectivity index (χ1v) is 8.36. The van der Waals surface area contributed by atoms with E-state index in [2.05, 4.69) is 48.1 Å². The molecule has 1 saturated carbocycles.